The van der Waals surface area contributed by atoms with Crippen LogP contribution in [0.3, 0.4) is 0 Å². The van der Waals surface area contributed by atoms with E-state index in [1.807, 2.05) is 42.6 Å². The molecule has 0 bridgehead atoms. The monoisotopic (exact) mass is 358 g/mol. The Kier molecular flexibility index (Phi) is 5.13. The molecule has 0 saturated heterocycles. The minimum atomic E-state index is -0.256. The van der Waals surface area contributed by atoms with Gasteiger partial charge in [-0.1, -0.05) is 41.9 Å². The van der Waals surface area contributed by atoms with E-state index in [1.54, 1.807) is 18.2 Å². The van der Waals surface area contributed by atoms with E-state index in [2.05, 4.69) is 10.3 Å². The summed E-state index contributed by atoms with van der Waals surface area (Å²) < 4.78 is 5.37. The topological polar surface area (TPSA) is 51.2 Å². The SMILES string of the molecule is CCOc1ccc(C(=O)Nc2nc(-c3ccccc3)cs2)cc1Cl. The number of benzene rings is 2. The van der Waals surface area contributed by atoms with Crippen molar-refractivity contribution in [2.45, 2.75) is 6.92 Å². The number of nitrogens with zero attached hydrogens (tertiary/aromatic N) is 1. The molecular formula is C18H15ClN2O2S. The van der Waals surface area contributed by atoms with Gasteiger partial charge in [0.25, 0.3) is 5.91 Å². The molecule has 0 aliphatic heterocycles. The lowest BCUT2D eigenvalue weighted by atomic mass is 10.2. The first kappa shape index (κ1) is 16.5. The lowest BCUT2D eigenvalue weighted by molar-refractivity contribution is 0.102. The number of carbonyl (C=O) groups is 1. The van der Waals surface area contributed by atoms with Crippen molar-refractivity contribution in [3.8, 4) is 17.0 Å². The molecular weight excluding hydrogens is 344 g/mol. The first-order valence-electron chi connectivity index (χ1n) is 7.42. The van der Waals surface area contributed by atoms with Crippen LogP contribution in [0.2, 0.25) is 5.02 Å². The number of rotatable bonds is 5. The van der Waals surface area contributed by atoms with Gasteiger partial charge in [-0.2, -0.15) is 0 Å². The van der Waals surface area contributed by atoms with Gasteiger partial charge in [-0.05, 0) is 25.1 Å². The van der Waals surface area contributed by atoms with Crippen molar-refractivity contribution >= 4 is 34.0 Å². The summed E-state index contributed by atoms with van der Waals surface area (Å²) >= 11 is 7.50. The highest BCUT2D eigenvalue weighted by Gasteiger charge is 2.12. The third-order valence-corrected chi connectivity index (χ3v) is 4.34. The molecule has 0 atom stereocenters. The summed E-state index contributed by atoms with van der Waals surface area (Å²) in [6, 6.07) is 14.8. The van der Waals surface area contributed by atoms with Crippen molar-refractivity contribution in [1.82, 2.24) is 4.98 Å². The summed E-state index contributed by atoms with van der Waals surface area (Å²) in [7, 11) is 0. The second-order valence-electron chi connectivity index (χ2n) is 4.94. The number of aromatic nitrogens is 1. The lowest BCUT2D eigenvalue weighted by Gasteiger charge is -2.07. The van der Waals surface area contributed by atoms with Gasteiger partial charge in [0.2, 0.25) is 0 Å². The van der Waals surface area contributed by atoms with E-state index in [9.17, 15) is 4.79 Å². The number of halogens is 1. The average Bonchev–Trinajstić information content (AvgIpc) is 3.06. The van der Waals surface area contributed by atoms with Crippen molar-refractivity contribution in [1.29, 1.82) is 0 Å². The van der Waals surface area contributed by atoms with Crippen molar-refractivity contribution in [2.75, 3.05) is 11.9 Å². The first-order chi connectivity index (χ1) is 11.7. The van der Waals surface area contributed by atoms with Gasteiger partial charge < -0.3 is 4.74 Å². The van der Waals surface area contributed by atoms with Crippen LogP contribution in [0.15, 0.2) is 53.9 Å². The van der Waals surface area contributed by atoms with E-state index in [-0.39, 0.29) is 5.91 Å². The molecule has 1 heterocycles. The van der Waals surface area contributed by atoms with Crippen LogP contribution in [-0.4, -0.2) is 17.5 Å². The molecule has 0 saturated carbocycles. The molecule has 3 rings (SSSR count). The maximum absolute atomic E-state index is 12.3. The van der Waals surface area contributed by atoms with E-state index in [4.69, 9.17) is 16.3 Å². The molecule has 4 nitrogen and oxygen atoms in total. The fraction of sp³-hybridized carbons (Fsp3) is 0.111. The van der Waals surface area contributed by atoms with Gasteiger partial charge in [0.05, 0.1) is 17.3 Å². The molecule has 0 aliphatic rings. The van der Waals surface area contributed by atoms with E-state index in [0.717, 1.165) is 11.3 Å². The molecule has 0 spiro atoms. The third-order valence-electron chi connectivity index (χ3n) is 3.29. The summed E-state index contributed by atoms with van der Waals surface area (Å²) in [5, 5.41) is 5.66. The Balaban J connectivity index is 1.73. The van der Waals surface area contributed by atoms with Crippen molar-refractivity contribution < 1.29 is 9.53 Å². The molecule has 6 heteroatoms. The number of anilines is 1. The number of carbonyl (C=O) groups excluding carboxylic acids is 1. The van der Waals surface area contributed by atoms with E-state index < -0.39 is 0 Å². The van der Waals surface area contributed by atoms with Gasteiger partial charge in [0.1, 0.15) is 5.75 Å². The predicted molar refractivity (Wildman–Crippen MR) is 98.1 cm³/mol. The maximum atomic E-state index is 12.3. The minimum absolute atomic E-state index is 0.256. The van der Waals surface area contributed by atoms with Crippen molar-refractivity contribution in [3.63, 3.8) is 0 Å². The fourth-order valence-corrected chi connectivity index (χ4v) is 3.11. The summed E-state index contributed by atoms with van der Waals surface area (Å²) in [6.07, 6.45) is 0. The summed E-state index contributed by atoms with van der Waals surface area (Å²) in [5.74, 6) is 0.310. The number of ether oxygens (including phenoxy) is 1. The molecule has 2 aromatic carbocycles. The van der Waals surface area contributed by atoms with Crippen molar-refractivity contribution in [2.24, 2.45) is 0 Å². The summed E-state index contributed by atoms with van der Waals surface area (Å²) in [5.41, 5.74) is 2.30. The Morgan fingerprint density at radius 3 is 2.75 bits per heavy atom. The number of hydrogen-bond acceptors (Lipinski definition) is 4. The van der Waals surface area contributed by atoms with E-state index in [1.165, 1.54) is 11.3 Å². The molecule has 0 radical (unpaired) electrons. The van der Waals surface area contributed by atoms with Gasteiger partial charge in [0, 0.05) is 16.5 Å². The Labute approximate surface area is 149 Å². The Hall–Kier alpha value is -2.37. The third kappa shape index (κ3) is 3.75. The molecule has 0 unspecified atom stereocenters. The molecule has 122 valence electrons. The second-order valence-corrected chi connectivity index (χ2v) is 6.20. The molecule has 24 heavy (non-hydrogen) atoms. The Morgan fingerprint density at radius 1 is 1.25 bits per heavy atom. The van der Waals surface area contributed by atoms with E-state index in [0.29, 0.717) is 28.1 Å². The fourth-order valence-electron chi connectivity index (χ4n) is 2.16. The zero-order valence-corrected chi connectivity index (χ0v) is 14.5. The van der Waals surface area contributed by atoms with Crippen LogP contribution in [0.25, 0.3) is 11.3 Å². The Bertz CT molecular complexity index is 849. The van der Waals surface area contributed by atoms with Crippen LogP contribution in [0.5, 0.6) is 5.75 Å². The average molecular weight is 359 g/mol. The van der Waals surface area contributed by atoms with Crippen LogP contribution in [0, 0.1) is 0 Å². The molecule has 1 aromatic heterocycles. The van der Waals surface area contributed by atoms with Gasteiger partial charge in [-0.3, -0.25) is 10.1 Å². The number of thiazole rings is 1. The van der Waals surface area contributed by atoms with Crippen LogP contribution < -0.4 is 10.1 Å². The Morgan fingerprint density at radius 2 is 2.04 bits per heavy atom. The highest BCUT2D eigenvalue weighted by atomic mass is 35.5. The first-order valence-corrected chi connectivity index (χ1v) is 8.68. The minimum Gasteiger partial charge on any atom is -0.492 e. The highest BCUT2D eigenvalue weighted by Crippen LogP contribution is 2.27. The van der Waals surface area contributed by atoms with Gasteiger partial charge >= 0.3 is 0 Å². The molecule has 0 aliphatic carbocycles. The van der Waals surface area contributed by atoms with Crippen molar-refractivity contribution in [3.05, 3.63) is 64.5 Å². The van der Waals surface area contributed by atoms with E-state index >= 15 is 0 Å². The van der Waals surface area contributed by atoms with Crippen LogP contribution in [0.1, 0.15) is 17.3 Å². The smallest absolute Gasteiger partial charge is 0.257 e. The number of amides is 1. The summed E-state index contributed by atoms with van der Waals surface area (Å²) in [4.78, 5) is 16.8. The maximum Gasteiger partial charge on any atom is 0.257 e. The quantitative estimate of drug-likeness (QED) is 0.689. The lowest BCUT2D eigenvalue weighted by Crippen LogP contribution is -2.11. The number of nitrogens with one attached hydrogen (secondary N) is 1. The molecule has 0 fully saturated rings. The zero-order chi connectivity index (χ0) is 16.9. The van der Waals surface area contributed by atoms with Crippen LogP contribution in [0.4, 0.5) is 5.13 Å². The molecule has 1 amide bonds. The number of hydrogen-bond donors (Lipinski definition) is 1. The molecule has 3 aromatic rings. The van der Waals surface area contributed by atoms with Gasteiger partial charge in [-0.25, -0.2) is 4.98 Å². The largest absolute Gasteiger partial charge is 0.492 e. The van der Waals surface area contributed by atoms with Crippen LogP contribution in [-0.2, 0) is 0 Å². The standard InChI is InChI=1S/C18H15ClN2O2S/c1-2-23-16-9-8-13(10-14(16)19)17(22)21-18-20-15(11-24-18)12-6-4-3-5-7-12/h3-11H,2H2,1H3,(H,20,21,22). The summed E-state index contributed by atoms with van der Waals surface area (Å²) in [6.45, 7) is 2.40. The predicted octanol–water partition coefficient (Wildman–Crippen LogP) is 5.11. The molecule has 1 N–H and O–H groups in total. The highest BCUT2D eigenvalue weighted by molar-refractivity contribution is 7.14. The second kappa shape index (κ2) is 7.47. The van der Waals surface area contributed by atoms with Gasteiger partial charge in [0.15, 0.2) is 5.13 Å². The van der Waals surface area contributed by atoms with Crippen LogP contribution >= 0.6 is 22.9 Å². The normalized spacial score (nSPS) is 10.4. The zero-order valence-electron chi connectivity index (χ0n) is 13.0. The van der Waals surface area contributed by atoms with Gasteiger partial charge in [-0.15, -0.1) is 11.3 Å².